The SMILES string of the molecule is CC(C)(C)C(=O)NCCCC(=O)NCCCCN.Cl. The maximum Gasteiger partial charge on any atom is 0.225 e. The van der Waals surface area contributed by atoms with Crippen molar-refractivity contribution in [1.29, 1.82) is 0 Å². The van der Waals surface area contributed by atoms with Crippen molar-refractivity contribution in [2.45, 2.75) is 46.5 Å². The number of nitrogens with one attached hydrogen (secondary N) is 2. The Hall–Kier alpha value is -0.810. The van der Waals surface area contributed by atoms with E-state index in [1.807, 2.05) is 20.8 Å². The molecular formula is C13H28ClN3O2. The van der Waals surface area contributed by atoms with E-state index in [-0.39, 0.29) is 29.6 Å². The van der Waals surface area contributed by atoms with Gasteiger partial charge in [0.2, 0.25) is 11.8 Å². The molecule has 0 aliphatic heterocycles. The molecule has 0 heterocycles. The number of nitrogens with two attached hydrogens (primary N) is 1. The first-order valence-corrected chi connectivity index (χ1v) is 6.63. The molecule has 0 spiro atoms. The van der Waals surface area contributed by atoms with Gasteiger partial charge in [0.05, 0.1) is 0 Å². The number of rotatable bonds is 8. The van der Waals surface area contributed by atoms with Crippen molar-refractivity contribution in [1.82, 2.24) is 10.6 Å². The molecule has 6 heteroatoms. The molecule has 2 amide bonds. The van der Waals surface area contributed by atoms with Gasteiger partial charge in [0.15, 0.2) is 0 Å². The molecule has 0 rings (SSSR count). The zero-order valence-corrected chi connectivity index (χ0v) is 13.1. The molecule has 114 valence electrons. The van der Waals surface area contributed by atoms with E-state index < -0.39 is 0 Å². The molecule has 0 saturated carbocycles. The Balaban J connectivity index is 0. The Labute approximate surface area is 122 Å². The summed E-state index contributed by atoms with van der Waals surface area (Å²) in [5.74, 6) is 0.0582. The van der Waals surface area contributed by atoms with Crippen LogP contribution in [0.3, 0.4) is 0 Å². The Kier molecular flexibility index (Phi) is 11.9. The number of amides is 2. The molecule has 0 radical (unpaired) electrons. The summed E-state index contributed by atoms with van der Waals surface area (Å²) in [6.45, 7) is 7.50. The predicted octanol–water partition coefficient (Wildman–Crippen LogP) is 1.21. The fraction of sp³-hybridized carbons (Fsp3) is 0.846. The van der Waals surface area contributed by atoms with E-state index in [1.165, 1.54) is 0 Å². The predicted molar refractivity (Wildman–Crippen MR) is 80.2 cm³/mol. The van der Waals surface area contributed by atoms with Gasteiger partial charge in [0, 0.05) is 24.9 Å². The summed E-state index contributed by atoms with van der Waals surface area (Å²) in [6, 6.07) is 0. The highest BCUT2D eigenvalue weighted by molar-refractivity contribution is 5.85. The molecule has 5 nitrogen and oxygen atoms in total. The maximum atomic E-state index is 11.5. The molecule has 0 aromatic rings. The monoisotopic (exact) mass is 293 g/mol. The van der Waals surface area contributed by atoms with Crippen LogP contribution in [0.2, 0.25) is 0 Å². The fourth-order valence-electron chi connectivity index (χ4n) is 1.30. The molecule has 0 aliphatic carbocycles. The highest BCUT2D eigenvalue weighted by Gasteiger charge is 2.20. The van der Waals surface area contributed by atoms with Crippen LogP contribution in [0.4, 0.5) is 0 Å². The summed E-state index contributed by atoms with van der Waals surface area (Å²) in [7, 11) is 0. The van der Waals surface area contributed by atoms with Gasteiger partial charge in [0.1, 0.15) is 0 Å². The Morgan fingerprint density at radius 3 is 2.11 bits per heavy atom. The molecule has 0 aromatic heterocycles. The number of hydrogen-bond donors (Lipinski definition) is 3. The third kappa shape index (κ3) is 12.0. The van der Waals surface area contributed by atoms with Gasteiger partial charge in [-0.25, -0.2) is 0 Å². The first-order chi connectivity index (χ1) is 8.38. The van der Waals surface area contributed by atoms with Gasteiger partial charge in [-0.05, 0) is 25.8 Å². The van der Waals surface area contributed by atoms with Gasteiger partial charge in [-0.2, -0.15) is 0 Å². The fourth-order valence-corrected chi connectivity index (χ4v) is 1.30. The molecule has 19 heavy (non-hydrogen) atoms. The Morgan fingerprint density at radius 2 is 1.58 bits per heavy atom. The van der Waals surface area contributed by atoms with E-state index >= 15 is 0 Å². The van der Waals surface area contributed by atoms with Crippen LogP contribution in [0, 0.1) is 5.41 Å². The molecular weight excluding hydrogens is 266 g/mol. The lowest BCUT2D eigenvalue weighted by Crippen LogP contribution is -2.35. The van der Waals surface area contributed by atoms with Crippen LogP contribution in [-0.4, -0.2) is 31.4 Å². The second-order valence-corrected chi connectivity index (χ2v) is 5.46. The number of hydrogen-bond acceptors (Lipinski definition) is 3. The standard InChI is InChI=1S/C13H27N3O2.ClH/c1-13(2,3)12(18)16-10-6-7-11(17)15-9-5-4-8-14;/h4-10,14H2,1-3H3,(H,15,17)(H,16,18);1H. The number of unbranched alkanes of at least 4 members (excludes halogenated alkanes) is 1. The number of carbonyl (C=O) groups is 2. The van der Waals surface area contributed by atoms with Crippen molar-refractivity contribution in [2.75, 3.05) is 19.6 Å². The summed E-state index contributed by atoms with van der Waals surface area (Å²) in [5, 5.41) is 5.65. The summed E-state index contributed by atoms with van der Waals surface area (Å²) in [6.07, 6.45) is 2.97. The quantitative estimate of drug-likeness (QED) is 0.588. The molecule has 4 N–H and O–H groups in total. The second-order valence-electron chi connectivity index (χ2n) is 5.46. The average Bonchev–Trinajstić information content (AvgIpc) is 2.28. The van der Waals surface area contributed by atoms with Crippen molar-refractivity contribution in [2.24, 2.45) is 11.1 Å². The largest absolute Gasteiger partial charge is 0.356 e. The third-order valence-electron chi connectivity index (χ3n) is 2.50. The molecule has 0 aliphatic rings. The van der Waals surface area contributed by atoms with E-state index in [0.29, 0.717) is 32.5 Å². The highest BCUT2D eigenvalue weighted by atomic mass is 35.5. The molecule has 0 atom stereocenters. The molecule has 0 saturated heterocycles. The van der Waals surface area contributed by atoms with E-state index in [0.717, 1.165) is 12.8 Å². The van der Waals surface area contributed by atoms with Crippen LogP contribution in [0.1, 0.15) is 46.5 Å². The normalized spacial score (nSPS) is 10.5. The summed E-state index contributed by atoms with van der Waals surface area (Å²) < 4.78 is 0. The van der Waals surface area contributed by atoms with Gasteiger partial charge in [-0.15, -0.1) is 12.4 Å². The van der Waals surface area contributed by atoms with Crippen LogP contribution >= 0.6 is 12.4 Å². The Morgan fingerprint density at radius 1 is 1.00 bits per heavy atom. The first-order valence-electron chi connectivity index (χ1n) is 6.63. The van der Waals surface area contributed by atoms with Gasteiger partial charge in [-0.1, -0.05) is 20.8 Å². The second kappa shape index (κ2) is 11.1. The highest BCUT2D eigenvalue weighted by Crippen LogP contribution is 2.12. The maximum absolute atomic E-state index is 11.5. The van der Waals surface area contributed by atoms with Gasteiger partial charge in [0.25, 0.3) is 0 Å². The van der Waals surface area contributed by atoms with E-state index in [9.17, 15) is 9.59 Å². The van der Waals surface area contributed by atoms with Crippen LogP contribution in [0.5, 0.6) is 0 Å². The topological polar surface area (TPSA) is 84.2 Å². The van der Waals surface area contributed by atoms with Crippen LogP contribution in [-0.2, 0) is 9.59 Å². The first kappa shape index (κ1) is 20.5. The van der Waals surface area contributed by atoms with Crippen molar-refractivity contribution in [3.8, 4) is 0 Å². The minimum Gasteiger partial charge on any atom is -0.356 e. The summed E-state index contributed by atoms with van der Waals surface area (Å²) in [5.41, 5.74) is 4.98. The van der Waals surface area contributed by atoms with E-state index in [2.05, 4.69) is 10.6 Å². The smallest absolute Gasteiger partial charge is 0.225 e. The van der Waals surface area contributed by atoms with E-state index in [4.69, 9.17) is 5.73 Å². The lowest BCUT2D eigenvalue weighted by atomic mass is 9.96. The zero-order valence-electron chi connectivity index (χ0n) is 12.3. The van der Waals surface area contributed by atoms with Crippen LogP contribution in [0.15, 0.2) is 0 Å². The summed E-state index contributed by atoms with van der Waals surface area (Å²) >= 11 is 0. The minimum absolute atomic E-state index is 0. The minimum atomic E-state index is -0.371. The van der Waals surface area contributed by atoms with Crippen molar-refractivity contribution < 1.29 is 9.59 Å². The lowest BCUT2D eigenvalue weighted by molar-refractivity contribution is -0.128. The van der Waals surface area contributed by atoms with Crippen molar-refractivity contribution in [3.63, 3.8) is 0 Å². The zero-order chi connectivity index (χ0) is 14.0. The summed E-state index contributed by atoms with van der Waals surface area (Å²) in [4.78, 5) is 22.9. The van der Waals surface area contributed by atoms with Gasteiger partial charge < -0.3 is 16.4 Å². The number of carbonyl (C=O) groups excluding carboxylic acids is 2. The van der Waals surface area contributed by atoms with Crippen molar-refractivity contribution >= 4 is 24.2 Å². The molecule has 0 fully saturated rings. The lowest BCUT2D eigenvalue weighted by Gasteiger charge is -2.17. The Bertz CT molecular complexity index is 265. The van der Waals surface area contributed by atoms with Gasteiger partial charge >= 0.3 is 0 Å². The average molecular weight is 294 g/mol. The van der Waals surface area contributed by atoms with Crippen LogP contribution < -0.4 is 16.4 Å². The van der Waals surface area contributed by atoms with Crippen LogP contribution in [0.25, 0.3) is 0 Å². The number of halogens is 1. The van der Waals surface area contributed by atoms with Crippen molar-refractivity contribution in [3.05, 3.63) is 0 Å². The molecule has 0 aromatic carbocycles. The molecule has 0 unspecified atom stereocenters. The third-order valence-corrected chi connectivity index (χ3v) is 2.50. The van der Waals surface area contributed by atoms with E-state index in [1.54, 1.807) is 0 Å². The molecule has 0 bridgehead atoms. The van der Waals surface area contributed by atoms with Gasteiger partial charge in [-0.3, -0.25) is 9.59 Å².